The second kappa shape index (κ2) is 9.40. The van der Waals surface area contributed by atoms with Crippen molar-refractivity contribution >= 4 is 11.8 Å². The maximum Gasteiger partial charge on any atom is 0.416 e. The van der Waals surface area contributed by atoms with E-state index >= 15 is 0 Å². The summed E-state index contributed by atoms with van der Waals surface area (Å²) < 4.78 is 43.3. The number of hydrogen-bond acceptors (Lipinski definition) is 5. The fourth-order valence-electron chi connectivity index (χ4n) is 3.47. The molecule has 0 unspecified atom stereocenters. The Balaban J connectivity index is 1.47. The fourth-order valence-corrected chi connectivity index (χ4v) is 3.47. The average Bonchev–Trinajstić information content (AvgIpc) is 3.04. The standard InChI is InChI=1S/C22H29F3N4O2/c1-21(2,3)18-13-20(31-27-18)26-19(30)15-29-10-4-9-28(11-12-29)14-16-5-7-17(8-6-16)22(23,24)25/h5-8,13H,4,9-12,14-15H2,1-3H3,(H,26,30). The van der Waals surface area contributed by atoms with E-state index in [0.717, 1.165) is 49.4 Å². The van der Waals surface area contributed by atoms with E-state index in [2.05, 4.69) is 20.3 Å². The van der Waals surface area contributed by atoms with Crippen molar-refractivity contribution in [2.75, 3.05) is 38.0 Å². The van der Waals surface area contributed by atoms with Crippen LogP contribution in [0.2, 0.25) is 0 Å². The van der Waals surface area contributed by atoms with Crippen LogP contribution in [0, 0.1) is 0 Å². The zero-order valence-electron chi connectivity index (χ0n) is 18.1. The third-order valence-electron chi connectivity index (χ3n) is 5.28. The first-order chi connectivity index (χ1) is 14.5. The highest BCUT2D eigenvalue weighted by atomic mass is 19.4. The maximum absolute atomic E-state index is 12.7. The predicted molar refractivity (Wildman–Crippen MR) is 112 cm³/mol. The third kappa shape index (κ3) is 6.80. The third-order valence-corrected chi connectivity index (χ3v) is 5.28. The van der Waals surface area contributed by atoms with Crippen molar-refractivity contribution < 1.29 is 22.5 Å². The van der Waals surface area contributed by atoms with Crippen LogP contribution in [-0.2, 0) is 22.9 Å². The molecule has 1 aromatic heterocycles. The minimum Gasteiger partial charge on any atom is -0.338 e. The molecule has 1 amide bonds. The Hall–Kier alpha value is -2.39. The largest absolute Gasteiger partial charge is 0.416 e. The first-order valence-electron chi connectivity index (χ1n) is 10.4. The summed E-state index contributed by atoms with van der Waals surface area (Å²) in [6.45, 7) is 9.95. The van der Waals surface area contributed by atoms with E-state index in [4.69, 9.17) is 4.52 Å². The van der Waals surface area contributed by atoms with Crippen molar-refractivity contribution in [3.8, 4) is 0 Å². The lowest BCUT2D eigenvalue weighted by Crippen LogP contribution is -2.36. The van der Waals surface area contributed by atoms with Gasteiger partial charge in [0.15, 0.2) is 0 Å². The number of nitrogens with one attached hydrogen (secondary N) is 1. The average molecular weight is 438 g/mol. The Bertz CT molecular complexity index is 872. The molecule has 1 aliphatic heterocycles. The molecule has 0 atom stereocenters. The molecule has 170 valence electrons. The van der Waals surface area contributed by atoms with Gasteiger partial charge in [0.2, 0.25) is 11.8 Å². The van der Waals surface area contributed by atoms with Crippen molar-refractivity contribution in [1.29, 1.82) is 0 Å². The predicted octanol–water partition coefficient (Wildman–Crippen LogP) is 4.14. The lowest BCUT2D eigenvalue weighted by molar-refractivity contribution is -0.137. The molecular formula is C22H29F3N4O2. The summed E-state index contributed by atoms with van der Waals surface area (Å²) in [6.07, 6.45) is -3.44. The van der Waals surface area contributed by atoms with Gasteiger partial charge in [0.1, 0.15) is 0 Å². The van der Waals surface area contributed by atoms with Crippen LogP contribution in [0.1, 0.15) is 44.0 Å². The van der Waals surface area contributed by atoms with Crippen LogP contribution in [0.4, 0.5) is 19.1 Å². The fraction of sp³-hybridized carbons (Fsp3) is 0.545. The summed E-state index contributed by atoms with van der Waals surface area (Å²) >= 11 is 0. The van der Waals surface area contributed by atoms with E-state index in [9.17, 15) is 18.0 Å². The first kappa shape index (κ1) is 23.3. The van der Waals surface area contributed by atoms with Crippen molar-refractivity contribution in [2.24, 2.45) is 0 Å². The zero-order chi connectivity index (χ0) is 22.6. The summed E-state index contributed by atoms with van der Waals surface area (Å²) in [6, 6.07) is 7.05. The van der Waals surface area contributed by atoms with Crippen molar-refractivity contribution in [2.45, 2.75) is 45.3 Å². The zero-order valence-corrected chi connectivity index (χ0v) is 18.1. The van der Waals surface area contributed by atoms with Gasteiger partial charge in [-0.15, -0.1) is 0 Å². The molecule has 0 spiro atoms. The van der Waals surface area contributed by atoms with Crippen LogP contribution < -0.4 is 5.32 Å². The number of rotatable bonds is 5. The van der Waals surface area contributed by atoms with Crippen molar-refractivity contribution in [1.82, 2.24) is 15.0 Å². The monoisotopic (exact) mass is 438 g/mol. The van der Waals surface area contributed by atoms with Gasteiger partial charge < -0.3 is 4.52 Å². The first-order valence-corrected chi connectivity index (χ1v) is 10.4. The Kier molecular flexibility index (Phi) is 7.06. The van der Waals surface area contributed by atoms with E-state index in [1.54, 1.807) is 6.07 Å². The SMILES string of the molecule is CC(C)(C)c1cc(NC(=O)CN2CCCN(Cc3ccc(C(F)(F)F)cc3)CC2)on1. The number of nitrogens with zero attached hydrogens (tertiary/aromatic N) is 3. The number of anilines is 1. The van der Waals surface area contributed by atoms with Crippen LogP contribution in [0.15, 0.2) is 34.9 Å². The number of amides is 1. The van der Waals surface area contributed by atoms with Gasteiger partial charge in [0.25, 0.3) is 0 Å². The number of alkyl halides is 3. The number of halogens is 3. The Morgan fingerprint density at radius 2 is 1.71 bits per heavy atom. The topological polar surface area (TPSA) is 61.6 Å². The van der Waals surface area contributed by atoms with Gasteiger partial charge >= 0.3 is 6.18 Å². The van der Waals surface area contributed by atoms with Crippen LogP contribution in [0.3, 0.4) is 0 Å². The Morgan fingerprint density at radius 1 is 1.06 bits per heavy atom. The smallest absolute Gasteiger partial charge is 0.338 e. The van der Waals surface area contributed by atoms with Gasteiger partial charge in [-0.05, 0) is 37.2 Å². The Labute approximate surface area is 180 Å². The molecule has 2 heterocycles. The summed E-state index contributed by atoms with van der Waals surface area (Å²) in [5.41, 5.74) is 0.828. The second-order valence-electron chi connectivity index (χ2n) is 8.98. The van der Waals surface area contributed by atoms with Gasteiger partial charge in [-0.2, -0.15) is 13.2 Å². The van der Waals surface area contributed by atoms with Gasteiger partial charge in [0, 0.05) is 31.1 Å². The van der Waals surface area contributed by atoms with E-state index in [1.807, 2.05) is 20.8 Å². The molecule has 0 radical (unpaired) electrons. The summed E-state index contributed by atoms with van der Waals surface area (Å²) in [5.74, 6) is 0.182. The number of carbonyl (C=O) groups excluding carboxylic acids is 1. The van der Waals surface area contributed by atoms with Crippen LogP contribution in [-0.4, -0.2) is 53.6 Å². The molecule has 6 nitrogen and oxygen atoms in total. The van der Waals surface area contributed by atoms with Crippen molar-refractivity contribution in [3.63, 3.8) is 0 Å². The molecule has 0 aliphatic carbocycles. The molecule has 1 N–H and O–H groups in total. The quantitative estimate of drug-likeness (QED) is 0.761. The molecule has 0 bridgehead atoms. The summed E-state index contributed by atoms with van der Waals surface area (Å²) in [4.78, 5) is 16.7. The second-order valence-corrected chi connectivity index (χ2v) is 8.98. The maximum atomic E-state index is 12.7. The van der Waals surface area contributed by atoms with E-state index < -0.39 is 11.7 Å². The number of hydrogen-bond donors (Lipinski definition) is 1. The van der Waals surface area contributed by atoms with E-state index in [1.165, 1.54) is 12.1 Å². The minimum atomic E-state index is -4.32. The molecular weight excluding hydrogens is 409 g/mol. The highest BCUT2D eigenvalue weighted by Gasteiger charge is 2.30. The Morgan fingerprint density at radius 3 is 2.32 bits per heavy atom. The number of aromatic nitrogens is 1. The molecule has 31 heavy (non-hydrogen) atoms. The number of carbonyl (C=O) groups is 1. The summed E-state index contributed by atoms with van der Waals surface area (Å²) in [7, 11) is 0. The van der Waals surface area contributed by atoms with Crippen LogP contribution in [0.5, 0.6) is 0 Å². The molecule has 1 aliphatic rings. The van der Waals surface area contributed by atoms with Gasteiger partial charge in [0.05, 0.1) is 17.8 Å². The molecule has 1 aromatic carbocycles. The minimum absolute atomic E-state index is 0.159. The van der Waals surface area contributed by atoms with Gasteiger partial charge in [-0.25, -0.2) is 0 Å². The highest BCUT2D eigenvalue weighted by molar-refractivity contribution is 5.91. The van der Waals surface area contributed by atoms with Crippen molar-refractivity contribution in [3.05, 3.63) is 47.2 Å². The lowest BCUT2D eigenvalue weighted by atomic mass is 9.92. The number of benzene rings is 1. The molecule has 2 aromatic rings. The molecule has 9 heteroatoms. The normalized spacial score (nSPS) is 16.8. The van der Waals surface area contributed by atoms with Gasteiger partial charge in [-0.1, -0.05) is 38.1 Å². The van der Waals surface area contributed by atoms with E-state index in [0.29, 0.717) is 19.0 Å². The molecule has 1 saturated heterocycles. The van der Waals surface area contributed by atoms with Gasteiger partial charge in [-0.3, -0.25) is 19.9 Å². The lowest BCUT2D eigenvalue weighted by Gasteiger charge is -2.21. The molecule has 1 fully saturated rings. The highest BCUT2D eigenvalue weighted by Crippen LogP contribution is 2.29. The molecule has 3 rings (SSSR count). The van der Waals surface area contributed by atoms with E-state index in [-0.39, 0.29) is 17.9 Å². The van der Waals surface area contributed by atoms with Crippen LogP contribution in [0.25, 0.3) is 0 Å². The van der Waals surface area contributed by atoms with Crippen LogP contribution >= 0.6 is 0 Å². The molecule has 0 saturated carbocycles. The summed E-state index contributed by atoms with van der Waals surface area (Å²) in [5, 5.41) is 6.75.